The molecule has 0 N–H and O–H groups in total. The molecule has 0 saturated heterocycles. The highest BCUT2D eigenvalue weighted by molar-refractivity contribution is 5.92. The van der Waals surface area contributed by atoms with Gasteiger partial charge in [-0.25, -0.2) is 14.2 Å². The zero-order chi connectivity index (χ0) is 20.8. The number of aryl methyl sites for hydroxylation is 1. The van der Waals surface area contributed by atoms with Gasteiger partial charge >= 0.3 is 0 Å². The molecule has 1 aromatic carbocycles. The van der Waals surface area contributed by atoms with Gasteiger partial charge in [0.05, 0.1) is 23.3 Å². The van der Waals surface area contributed by atoms with Crippen LogP contribution in [0.3, 0.4) is 0 Å². The molecule has 1 aliphatic carbocycles. The lowest BCUT2D eigenvalue weighted by atomic mass is 10.1. The van der Waals surface area contributed by atoms with Crippen LogP contribution in [0.5, 0.6) is 5.75 Å². The summed E-state index contributed by atoms with van der Waals surface area (Å²) in [5.74, 6) is 1.63. The molecule has 1 radical (unpaired) electrons. The summed E-state index contributed by atoms with van der Waals surface area (Å²) in [4.78, 5) is 4.00. The molecule has 1 aliphatic rings. The fourth-order valence-electron chi connectivity index (χ4n) is 4.26. The van der Waals surface area contributed by atoms with Gasteiger partial charge in [-0.2, -0.15) is 10.2 Å². The molecule has 4 aromatic heterocycles. The van der Waals surface area contributed by atoms with Crippen LogP contribution in [-0.4, -0.2) is 35.6 Å². The Morgan fingerprint density at radius 2 is 2.16 bits per heavy atom. The van der Waals surface area contributed by atoms with Crippen molar-refractivity contribution in [1.82, 2.24) is 28.9 Å². The van der Waals surface area contributed by atoms with Crippen molar-refractivity contribution in [2.75, 3.05) is 6.61 Å². The van der Waals surface area contributed by atoms with E-state index in [1.54, 1.807) is 17.3 Å². The molecule has 0 bridgehead atoms. The molecule has 0 aliphatic heterocycles. The van der Waals surface area contributed by atoms with Crippen LogP contribution in [0.4, 0.5) is 0 Å². The Labute approximate surface area is 179 Å². The third-order valence-electron chi connectivity index (χ3n) is 6.04. The highest BCUT2D eigenvalue weighted by Crippen LogP contribution is 2.39. The van der Waals surface area contributed by atoms with Crippen molar-refractivity contribution in [2.24, 2.45) is 5.92 Å². The van der Waals surface area contributed by atoms with Crippen molar-refractivity contribution < 1.29 is 4.74 Å². The molecular weight excluding hydrogens is 388 g/mol. The summed E-state index contributed by atoms with van der Waals surface area (Å²) in [5.41, 5.74) is 5.61. The molecule has 0 amide bonds. The largest absolute Gasteiger partial charge is 0.489 e. The predicted molar refractivity (Wildman–Crippen MR) is 118 cm³/mol. The van der Waals surface area contributed by atoms with E-state index in [-0.39, 0.29) is 0 Å². The minimum Gasteiger partial charge on any atom is -0.489 e. The number of rotatable bonds is 7. The Morgan fingerprint density at radius 3 is 2.97 bits per heavy atom. The van der Waals surface area contributed by atoms with Crippen LogP contribution >= 0.6 is 0 Å². The number of hydrogen-bond donors (Lipinski definition) is 0. The van der Waals surface area contributed by atoms with Crippen molar-refractivity contribution in [3.8, 4) is 17.1 Å². The number of para-hydroxylation sites is 1. The van der Waals surface area contributed by atoms with Crippen molar-refractivity contribution in [1.29, 1.82) is 0 Å². The first kappa shape index (κ1) is 18.2. The van der Waals surface area contributed by atoms with Gasteiger partial charge in [-0.05, 0) is 43.9 Å². The zero-order valence-electron chi connectivity index (χ0n) is 17.4. The first-order chi connectivity index (χ1) is 15.3. The maximum atomic E-state index is 6.23. The highest BCUT2D eigenvalue weighted by atomic mass is 16.5. The fourth-order valence-corrected chi connectivity index (χ4v) is 4.26. The van der Waals surface area contributed by atoms with E-state index >= 15 is 0 Å². The van der Waals surface area contributed by atoms with E-state index < -0.39 is 0 Å². The first-order valence-electron chi connectivity index (χ1n) is 10.7. The topological polar surface area (TPSA) is 62.2 Å². The van der Waals surface area contributed by atoms with Gasteiger partial charge in [0.2, 0.25) is 0 Å². The van der Waals surface area contributed by atoms with E-state index in [9.17, 15) is 0 Å². The summed E-state index contributed by atoms with van der Waals surface area (Å²) < 4.78 is 12.3. The number of hydrogen-bond acceptors (Lipinski definition) is 4. The van der Waals surface area contributed by atoms with Crippen molar-refractivity contribution in [3.63, 3.8) is 0 Å². The van der Waals surface area contributed by atoms with E-state index in [1.807, 2.05) is 16.8 Å². The summed E-state index contributed by atoms with van der Waals surface area (Å²) in [6, 6.07) is 15.6. The second-order valence-electron chi connectivity index (χ2n) is 8.22. The average Bonchev–Trinajstić information content (AvgIpc) is 3.17. The molecule has 7 nitrogen and oxygen atoms in total. The molecule has 155 valence electrons. The predicted octanol–water partition coefficient (Wildman–Crippen LogP) is 4.15. The molecule has 4 heterocycles. The van der Waals surface area contributed by atoms with Crippen molar-refractivity contribution in [2.45, 2.75) is 32.9 Å². The van der Waals surface area contributed by atoms with Crippen LogP contribution in [0.15, 0.2) is 55.2 Å². The monoisotopic (exact) mass is 411 g/mol. The summed E-state index contributed by atoms with van der Waals surface area (Å²) in [7, 11) is 0. The average molecular weight is 411 g/mol. The molecular formula is C24H23N6O. The number of aromatic nitrogens is 6. The standard InChI is InChI=1S/C24H23N6O/c1-17-20-6-2-3-10-30(20)27-23(17)21-13-19-5-4-7-22(24(19)29(21)14-18-8-9-18)31-12-11-28-16-25-15-26-28/h2,4-7,10,13,15-16,18H,8-9,11-12,14H2,1H3. The van der Waals surface area contributed by atoms with Gasteiger partial charge in [-0.3, -0.25) is 0 Å². The molecule has 5 aromatic rings. The summed E-state index contributed by atoms with van der Waals surface area (Å²) in [5, 5.41) is 10.2. The van der Waals surface area contributed by atoms with Gasteiger partial charge in [-0.1, -0.05) is 18.2 Å². The highest BCUT2D eigenvalue weighted by Gasteiger charge is 2.26. The quantitative estimate of drug-likeness (QED) is 0.404. The lowest BCUT2D eigenvalue weighted by molar-refractivity contribution is 0.293. The molecule has 31 heavy (non-hydrogen) atoms. The molecule has 7 heteroatoms. The Hall–Kier alpha value is -3.61. The number of benzene rings is 1. The molecule has 6 rings (SSSR count). The van der Waals surface area contributed by atoms with Crippen LogP contribution < -0.4 is 4.74 Å². The number of pyridine rings is 1. The van der Waals surface area contributed by atoms with E-state index in [2.05, 4.69) is 58.0 Å². The Morgan fingerprint density at radius 1 is 1.23 bits per heavy atom. The lowest BCUT2D eigenvalue weighted by Crippen LogP contribution is -2.10. The van der Waals surface area contributed by atoms with E-state index in [0.29, 0.717) is 13.2 Å². The normalized spacial score (nSPS) is 14.0. The minimum atomic E-state index is 0.537. The molecule has 0 atom stereocenters. The number of nitrogens with zero attached hydrogens (tertiary/aromatic N) is 6. The zero-order valence-corrected chi connectivity index (χ0v) is 17.4. The van der Waals surface area contributed by atoms with Gasteiger partial charge in [0.1, 0.15) is 30.7 Å². The second kappa shape index (κ2) is 7.27. The Kier molecular flexibility index (Phi) is 4.26. The summed E-state index contributed by atoms with van der Waals surface area (Å²) in [6.07, 6.45) is 7.71. The van der Waals surface area contributed by atoms with Crippen molar-refractivity contribution in [3.05, 3.63) is 66.9 Å². The maximum Gasteiger partial charge on any atom is 0.143 e. The van der Waals surface area contributed by atoms with E-state index in [4.69, 9.17) is 9.84 Å². The third kappa shape index (κ3) is 3.26. The third-order valence-corrected chi connectivity index (χ3v) is 6.04. The molecule has 1 saturated carbocycles. The van der Waals surface area contributed by atoms with Crippen LogP contribution in [0.25, 0.3) is 27.8 Å². The van der Waals surface area contributed by atoms with Gasteiger partial charge < -0.3 is 9.30 Å². The molecule has 0 spiro atoms. The van der Waals surface area contributed by atoms with Crippen LogP contribution in [-0.2, 0) is 13.1 Å². The van der Waals surface area contributed by atoms with Gasteiger partial charge in [0, 0.05) is 29.8 Å². The van der Waals surface area contributed by atoms with Crippen LogP contribution in [0.1, 0.15) is 18.4 Å². The first-order valence-corrected chi connectivity index (χ1v) is 10.7. The van der Waals surface area contributed by atoms with E-state index in [0.717, 1.165) is 40.6 Å². The molecule has 1 fully saturated rings. The molecule has 0 unspecified atom stereocenters. The Balaban J connectivity index is 1.44. The van der Waals surface area contributed by atoms with Crippen molar-refractivity contribution >= 4 is 16.4 Å². The SMILES string of the molecule is Cc1c(-c2cc3cccc(OCCn4cncn4)c3n2CC2CC2)nn2c[c]ccc12. The smallest absolute Gasteiger partial charge is 0.143 e. The van der Waals surface area contributed by atoms with Gasteiger partial charge in [0.25, 0.3) is 0 Å². The van der Waals surface area contributed by atoms with Gasteiger partial charge in [0.15, 0.2) is 0 Å². The maximum absolute atomic E-state index is 6.23. The summed E-state index contributed by atoms with van der Waals surface area (Å²) in [6.45, 7) is 4.33. The minimum absolute atomic E-state index is 0.537. The lowest BCUT2D eigenvalue weighted by Gasteiger charge is -2.13. The van der Waals surface area contributed by atoms with E-state index in [1.165, 1.54) is 23.8 Å². The van der Waals surface area contributed by atoms with Gasteiger partial charge in [-0.15, -0.1) is 0 Å². The van der Waals surface area contributed by atoms with Crippen LogP contribution in [0, 0.1) is 18.9 Å². The van der Waals surface area contributed by atoms with Crippen LogP contribution in [0.2, 0.25) is 0 Å². The number of ether oxygens (including phenoxy) is 1. The Bertz CT molecular complexity index is 1360. The number of fused-ring (bicyclic) bond motifs is 2. The second-order valence-corrected chi connectivity index (χ2v) is 8.22. The summed E-state index contributed by atoms with van der Waals surface area (Å²) >= 11 is 0. The fraction of sp³-hybridized carbons (Fsp3) is 0.292.